The number of nitrogens with zero attached hydrogens (tertiary/aromatic N) is 1. The molecule has 0 radical (unpaired) electrons. The molecule has 0 saturated heterocycles. The number of hydrogen-bond acceptors (Lipinski definition) is 3. The van der Waals surface area contributed by atoms with Gasteiger partial charge in [-0.1, -0.05) is 0 Å². The molecule has 0 saturated carbocycles. The van der Waals surface area contributed by atoms with Crippen LogP contribution in [0.5, 0.6) is 0 Å². The van der Waals surface area contributed by atoms with Gasteiger partial charge in [-0.2, -0.15) is 0 Å². The lowest BCUT2D eigenvalue weighted by Crippen LogP contribution is -2.38. The van der Waals surface area contributed by atoms with Crippen molar-refractivity contribution in [3.05, 3.63) is 18.2 Å². The van der Waals surface area contributed by atoms with Crippen LogP contribution in [0.25, 0.3) is 0 Å². The fourth-order valence-corrected chi connectivity index (χ4v) is 0.956. The molecule has 0 unspecified atom stereocenters. The minimum Gasteiger partial charge on any atom is -0.480 e. The molecule has 3 N–H and O–H groups in total. The Morgan fingerprint density at radius 3 is 2.73 bits per heavy atom. The lowest BCUT2D eigenvalue weighted by molar-refractivity contribution is -0.139. The highest BCUT2D eigenvalue weighted by molar-refractivity contribution is 5.85. The van der Waals surface area contributed by atoms with Crippen LogP contribution in [0.2, 0.25) is 0 Å². The number of rotatable bonds is 5. The molecule has 0 aliphatic rings. The molecule has 1 heterocycles. The number of carboxylic acids is 1. The zero-order valence-electron chi connectivity index (χ0n) is 7.64. The standard InChI is InChI=1S/C7H10FN3O2.2ClH/c8-3-10-6(7(12)13)1-5-2-9-4-11-5;;/h2,4,6,10H,1,3H2,(H,9,11)(H,12,13);2*1H/t6-;;/m0../s1. The summed E-state index contributed by atoms with van der Waals surface area (Å²) in [4.78, 5) is 17.0. The molecule has 0 aliphatic carbocycles. The van der Waals surface area contributed by atoms with E-state index in [0.29, 0.717) is 5.69 Å². The monoisotopic (exact) mass is 259 g/mol. The van der Waals surface area contributed by atoms with Crippen LogP contribution in [0, 0.1) is 0 Å². The van der Waals surface area contributed by atoms with E-state index in [1.807, 2.05) is 0 Å². The summed E-state index contributed by atoms with van der Waals surface area (Å²) in [6, 6.07) is -0.912. The van der Waals surface area contributed by atoms with Crippen LogP contribution in [0.15, 0.2) is 12.5 Å². The minimum absolute atomic E-state index is 0. The van der Waals surface area contributed by atoms with E-state index in [-0.39, 0.29) is 31.2 Å². The highest BCUT2D eigenvalue weighted by Crippen LogP contribution is 1.98. The molecule has 8 heteroatoms. The number of aliphatic carboxylic acids is 1. The molecular weight excluding hydrogens is 248 g/mol. The van der Waals surface area contributed by atoms with E-state index < -0.39 is 18.8 Å². The summed E-state index contributed by atoms with van der Waals surface area (Å²) in [5, 5.41) is 10.8. The first-order chi connectivity index (χ1) is 6.24. The maximum Gasteiger partial charge on any atom is 0.321 e. The number of nitrogens with one attached hydrogen (secondary N) is 2. The van der Waals surface area contributed by atoms with Gasteiger partial charge in [0, 0.05) is 18.3 Å². The Bertz CT molecular complexity index is 271. The summed E-state index contributed by atoms with van der Waals surface area (Å²) < 4.78 is 11.8. The van der Waals surface area contributed by atoms with Gasteiger partial charge in [0.25, 0.3) is 0 Å². The van der Waals surface area contributed by atoms with Crippen LogP contribution >= 0.6 is 24.8 Å². The molecule has 15 heavy (non-hydrogen) atoms. The second-order valence-electron chi connectivity index (χ2n) is 2.51. The van der Waals surface area contributed by atoms with Crippen molar-refractivity contribution in [1.82, 2.24) is 15.3 Å². The third-order valence-electron chi connectivity index (χ3n) is 1.60. The number of halogens is 3. The van der Waals surface area contributed by atoms with Gasteiger partial charge in [-0.25, -0.2) is 9.37 Å². The predicted octanol–water partition coefficient (Wildman–Crippen LogP) is 0.766. The van der Waals surface area contributed by atoms with E-state index in [1.54, 1.807) is 0 Å². The van der Waals surface area contributed by atoms with Gasteiger partial charge >= 0.3 is 5.97 Å². The van der Waals surface area contributed by atoms with E-state index in [2.05, 4.69) is 15.3 Å². The summed E-state index contributed by atoms with van der Waals surface area (Å²) in [6.07, 6.45) is 3.15. The van der Waals surface area contributed by atoms with E-state index in [0.717, 1.165) is 0 Å². The van der Waals surface area contributed by atoms with Gasteiger partial charge in [0.15, 0.2) is 0 Å². The highest BCUT2D eigenvalue weighted by Gasteiger charge is 2.17. The number of carboxylic acid groups (broad SMARTS) is 1. The Morgan fingerprint density at radius 2 is 2.33 bits per heavy atom. The number of hydrogen-bond donors (Lipinski definition) is 3. The van der Waals surface area contributed by atoms with Crippen LogP contribution in [0.3, 0.4) is 0 Å². The third kappa shape index (κ3) is 5.56. The quantitative estimate of drug-likeness (QED) is 0.683. The molecule has 1 aromatic rings. The molecule has 5 nitrogen and oxygen atoms in total. The maximum atomic E-state index is 11.8. The second kappa shape index (κ2) is 8.46. The Labute approximate surface area is 98.3 Å². The van der Waals surface area contributed by atoms with Gasteiger partial charge in [-0.15, -0.1) is 24.8 Å². The van der Waals surface area contributed by atoms with Crippen molar-refractivity contribution in [1.29, 1.82) is 0 Å². The van der Waals surface area contributed by atoms with Gasteiger partial charge in [0.2, 0.25) is 0 Å². The molecule has 0 amide bonds. The number of aromatic amines is 1. The fraction of sp³-hybridized carbons (Fsp3) is 0.429. The van der Waals surface area contributed by atoms with E-state index in [4.69, 9.17) is 5.11 Å². The Morgan fingerprint density at radius 1 is 1.67 bits per heavy atom. The predicted molar refractivity (Wildman–Crippen MR) is 57.3 cm³/mol. The average molecular weight is 260 g/mol. The third-order valence-corrected chi connectivity index (χ3v) is 1.60. The van der Waals surface area contributed by atoms with Gasteiger partial charge < -0.3 is 10.1 Å². The molecule has 88 valence electrons. The summed E-state index contributed by atoms with van der Waals surface area (Å²) in [5.41, 5.74) is 0.661. The van der Waals surface area contributed by atoms with Gasteiger partial charge in [0.1, 0.15) is 12.8 Å². The first-order valence-electron chi connectivity index (χ1n) is 3.73. The first kappa shape index (κ1) is 16.6. The molecule has 0 spiro atoms. The number of alkyl halides is 1. The molecule has 1 atom stereocenters. The molecular formula is C7H12Cl2FN3O2. The van der Waals surface area contributed by atoms with Crippen molar-refractivity contribution in [3.63, 3.8) is 0 Å². The summed E-state index contributed by atoms with van der Waals surface area (Å²) >= 11 is 0. The van der Waals surface area contributed by atoms with Gasteiger partial charge in [-0.3, -0.25) is 10.1 Å². The van der Waals surface area contributed by atoms with Crippen LogP contribution in [-0.4, -0.2) is 33.9 Å². The van der Waals surface area contributed by atoms with Crippen molar-refractivity contribution < 1.29 is 14.3 Å². The van der Waals surface area contributed by atoms with Crippen LogP contribution in [-0.2, 0) is 11.2 Å². The van der Waals surface area contributed by atoms with Crippen LogP contribution < -0.4 is 5.32 Å². The molecule has 1 aromatic heterocycles. The topological polar surface area (TPSA) is 78.0 Å². The maximum absolute atomic E-state index is 11.8. The molecule has 1 rings (SSSR count). The SMILES string of the molecule is Cl.Cl.O=C(O)[C@H](Cc1cnc[nH]1)NCF. The molecule has 0 aromatic carbocycles. The Balaban J connectivity index is 0. The number of H-pyrrole nitrogens is 1. The van der Waals surface area contributed by atoms with Crippen LogP contribution in [0.1, 0.15) is 5.69 Å². The van der Waals surface area contributed by atoms with Gasteiger partial charge in [-0.05, 0) is 0 Å². The molecule has 0 fully saturated rings. The zero-order chi connectivity index (χ0) is 9.68. The second-order valence-corrected chi connectivity index (χ2v) is 2.51. The zero-order valence-corrected chi connectivity index (χ0v) is 9.28. The fourth-order valence-electron chi connectivity index (χ4n) is 0.956. The van der Waals surface area contributed by atoms with Gasteiger partial charge in [0.05, 0.1) is 6.33 Å². The summed E-state index contributed by atoms with van der Waals surface area (Å²) in [5.74, 6) is -1.08. The lowest BCUT2D eigenvalue weighted by atomic mass is 10.2. The highest BCUT2D eigenvalue weighted by atomic mass is 35.5. The first-order valence-corrected chi connectivity index (χ1v) is 3.73. The summed E-state index contributed by atoms with van der Waals surface area (Å²) in [7, 11) is 0. The van der Waals surface area contributed by atoms with Crippen LogP contribution in [0.4, 0.5) is 4.39 Å². The van der Waals surface area contributed by atoms with E-state index in [9.17, 15) is 9.18 Å². The van der Waals surface area contributed by atoms with Crippen molar-refractivity contribution in [2.24, 2.45) is 0 Å². The lowest BCUT2D eigenvalue weighted by Gasteiger charge is -2.09. The smallest absolute Gasteiger partial charge is 0.321 e. The average Bonchev–Trinajstić information content (AvgIpc) is 2.56. The number of aromatic nitrogens is 2. The van der Waals surface area contributed by atoms with E-state index >= 15 is 0 Å². The molecule has 0 aliphatic heterocycles. The van der Waals surface area contributed by atoms with E-state index in [1.165, 1.54) is 12.5 Å². The number of imidazole rings is 1. The summed E-state index contributed by atoms with van der Waals surface area (Å²) in [6.45, 7) is -0.856. The van der Waals surface area contributed by atoms with Crippen molar-refractivity contribution in [2.45, 2.75) is 12.5 Å². The largest absolute Gasteiger partial charge is 0.480 e. The van der Waals surface area contributed by atoms with Crippen molar-refractivity contribution in [3.8, 4) is 0 Å². The molecule has 0 bridgehead atoms. The Hall–Kier alpha value is -0.850. The Kier molecular flexibility index (Phi) is 9.35. The minimum atomic E-state index is -1.08. The normalized spacial score (nSPS) is 11.0. The number of carbonyl (C=O) groups is 1. The van der Waals surface area contributed by atoms with Crippen molar-refractivity contribution >= 4 is 30.8 Å². The van der Waals surface area contributed by atoms with Crippen molar-refractivity contribution in [2.75, 3.05) is 6.80 Å².